The Kier molecular flexibility index (Phi) is 8.08. The number of ether oxygens (including phenoxy) is 2. The molecule has 1 aromatic carbocycles. The molecule has 0 unspecified atom stereocenters. The molecule has 0 saturated carbocycles. The molecule has 1 aliphatic rings. The summed E-state index contributed by atoms with van der Waals surface area (Å²) in [6.07, 6.45) is 11.3. The van der Waals surface area contributed by atoms with Gasteiger partial charge in [0.25, 0.3) is 0 Å². The highest BCUT2D eigenvalue weighted by molar-refractivity contribution is 7.99. The molecule has 6 nitrogen and oxygen atoms in total. The van der Waals surface area contributed by atoms with Gasteiger partial charge in [-0.05, 0) is 31.4 Å². The van der Waals surface area contributed by atoms with Gasteiger partial charge in [-0.1, -0.05) is 75.1 Å². The number of thioether (sulfide) groups is 1. The molecule has 1 atom stereocenters. The van der Waals surface area contributed by atoms with Crippen molar-refractivity contribution >= 4 is 17.7 Å². The van der Waals surface area contributed by atoms with Crippen LogP contribution in [-0.4, -0.2) is 39.2 Å². The first-order valence-corrected chi connectivity index (χ1v) is 12.0. The maximum Gasteiger partial charge on any atom is 0.343 e. The average Bonchev–Trinajstić information content (AvgIpc) is 3.10. The zero-order chi connectivity index (χ0) is 22.3. The Morgan fingerprint density at radius 3 is 2.26 bits per heavy atom. The minimum atomic E-state index is -1.49. The first kappa shape index (κ1) is 23.7. The fourth-order valence-electron chi connectivity index (χ4n) is 3.64. The van der Waals surface area contributed by atoms with Crippen LogP contribution in [0.3, 0.4) is 0 Å². The van der Waals surface area contributed by atoms with Crippen molar-refractivity contribution in [2.24, 2.45) is 0 Å². The molecule has 1 aliphatic heterocycles. The zero-order valence-electron chi connectivity index (χ0n) is 18.6. The van der Waals surface area contributed by atoms with Gasteiger partial charge in [-0.2, -0.15) is 0 Å². The Hall–Kier alpha value is -1.96. The molecule has 0 amide bonds. The molecule has 0 bridgehead atoms. The molecule has 1 fully saturated rings. The lowest BCUT2D eigenvalue weighted by atomic mass is 9.93. The summed E-state index contributed by atoms with van der Waals surface area (Å²) in [6.45, 7) is 5.64. The van der Waals surface area contributed by atoms with Crippen molar-refractivity contribution in [3.05, 3.63) is 42.2 Å². The van der Waals surface area contributed by atoms with E-state index in [1.165, 1.54) is 38.5 Å². The van der Waals surface area contributed by atoms with Crippen LogP contribution in [-0.2, 0) is 19.9 Å². The number of benzene rings is 1. The SMILES string of the molecule is CCCCCCCCSc1ncc(-c2ccc([C@]3(C(=O)O)COC(C)(C)O3)cc2)cn1. The molecule has 31 heavy (non-hydrogen) atoms. The van der Waals surface area contributed by atoms with Gasteiger partial charge in [-0.3, -0.25) is 0 Å². The van der Waals surface area contributed by atoms with Gasteiger partial charge in [0.05, 0.1) is 6.61 Å². The van der Waals surface area contributed by atoms with Crippen molar-refractivity contribution in [3.63, 3.8) is 0 Å². The second-order valence-corrected chi connectivity index (χ2v) is 9.43. The summed E-state index contributed by atoms with van der Waals surface area (Å²) in [7, 11) is 0. The van der Waals surface area contributed by atoms with E-state index in [1.54, 1.807) is 37.7 Å². The lowest BCUT2D eigenvalue weighted by molar-refractivity contribution is -0.187. The summed E-state index contributed by atoms with van der Waals surface area (Å²) in [5, 5.41) is 10.6. The number of carbonyl (C=O) groups is 1. The number of aliphatic carboxylic acids is 1. The fourth-order valence-corrected chi connectivity index (χ4v) is 4.43. The maximum absolute atomic E-state index is 12.0. The average molecular weight is 445 g/mol. The van der Waals surface area contributed by atoms with Gasteiger partial charge < -0.3 is 14.6 Å². The molecule has 7 heteroatoms. The number of hydrogen-bond donors (Lipinski definition) is 1. The van der Waals surface area contributed by atoms with Crippen LogP contribution >= 0.6 is 11.8 Å². The molecule has 1 saturated heterocycles. The van der Waals surface area contributed by atoms with Crippen LogP contribution in [0.25, 0.3) is 11.1 Å². The molecule has 1 aromatic heterocycles. The van der Waals surface area contributed by atoms with Gasteiger partial charge >= 0.3 is 5.97 Å². The normalized spacial score (nSPS) is 20.1. The van der Waals surface area contributed by atoms with Crippen LogP contribution in [0.1, 0.15) is 64.9 Å². The Bertz CT molecular complexity index is 855. The predicted octanol–water partition coefficient (Wildman–Crippen LogP) is 5.66. The standard InChI is InChI=1S/C24H32N2O4S/c1-4-5-6-7-8-9-14-31-22-25-15-19(16-26-22)18-10-12-20(13-11-18)24(21(27)28)17-29-23(2,3)30-24/h10-13,15-16H,4-9,14,17H2,1-3H3,(H,27,28)/t24-/m0/s1. The van der Waals surface area contributed by atoms with E-state index in [2.05, 4.69) is 16.9 Å². The highest BCUT2D eigenvalue weighted by Gasteiger charge is 2.52. The van der Waals surface area contributed by atoms with Crippen LogP contribution < -0.4 is 0 Å². The number of unbranched alkanes of at least 4 members (excludes halogenated alkanes) is 5. The maximum atomic E-state index is 12.0. The third kappa shape index (κ3) is 6.05. The number of carboxylic acid groups (broad SMARTS) is 1. The molecule has 2 heterocycles. The third-order valence-corrected chi connectivity index (χ3v) is 6.39. The first-order chi connectivity index (χ1) is 14.9. The number of nitrogens with zero attached hydrogens (tertiary/aromatic N) is 2. The molecule has 2 aromatic rings. The van der Waals surface area contributed by atoms with E-state index < -0.39 is 17.4 Å². The fraction of sp³-hybridized carbons (Fsp3) is 0.542. The quantitative estimate of drug-likeness (QED) is 0.272. The summed E-state index contributed by atoms with van der Waals surface area (Å²) in [6, 6.07) is 7.29. The Balaban J connectivity index is 1.58. The van der Waals surface area contributed by atoms with Gasteiger partial charge in [0.15, 0.2) is 10.9 Å². The van der Waals surface area contributed by atoms with Crippen molar-refractivity contribution < 1.29 is 19.4 Å². The van der Waals surface area contributed by atoms with Gasteiger partial charge in [-0.15, -0.1) is 0 Å². The van der Waals surface area contributed by atoms with E-state index in [-0.39, 0.29) is 6.61 Å². The van der Waals surface area contributed by atoms with Crippen molar-refractivity contribution in [3.8, 4) is 11.1 Å². The van der Waals surface area contributed by atoms with Gasteiger partial charge in [0.1, 0.15) is 0 Å². The monoisotopic (exact) mass is 444 g/mol. The molecule has 3 rings (SSSR count). The predicted molar refractivity (Wildman–Crippen MR) is 122 cm³/mol. The number of rotatable bonds is 11. The Morgan fingerprint density at radius 1 is 1.03 bits per heavy atom. The largest absolute Gasteiger partial charge is 0.479 e. The van der Waals surface area contributed by atoms with E-state index in [0.29, 0.717) is 5.56 Å². The van der Waals surface area contributed by atoms with Gasteiger partial charge in [-0.25, -0.2) is 14.8 Å². The van der Waals surface area contributed by atoms with E-state index >= 15 is 0 Å². The minimum absolute atomic E-state index is 0.0255. The van der Waals surface area contributed by atoms with Crippen LogP contribution in [0.5, 0.6) is 0 Å². The summed E-state index contributed by atoms with van der Waals surface area (Å²) >= 11 is 1.69. The van der Waals surface area contributed by atoms with Gasteiger partial charge in [0.2, 0.25) is 5.60 Å². The molecule has 1 N–H and O–H groups in total. The summed E-state index contributed by atoms with van der Waals surface area (Å²) < 4.78 is 11.3. The number of hydrogen-bond acceptors (Lipinski definition) is 6. The molecule has 0 radical (unpaired) electrons. The lowest BCUT2D eigenvalue weighted by Crippen LogP contribution is -2.39. The number of aromatic nitrogens is 2. The molecule has 168 valence electrons. The smallest absolute Gasteiger partial charge is 0.343 e. The van der Waals surface area contributed by atoms with E-state index in [0.717, 1.165) is 22.0 Å². The topological polar surface area (TPSA) is 81.5 Å². The summed E-state index contributed by atoms with van der Waals surface area (Å²) in [4.78, 5) is 20.9. The van der Waals surface area contributed by atoms with Crippen molar-refractivity contribution in [2.45, 2.75) is 75.8 Å². The highest BCUT2D eigenvalue weighted by atomic mass is 32.2. The first-order valence-electron chi connectivity index (χ1n) is 11.0. The van der Waals surface area contributed by atoms with E-state index in [9.17, 15) is 9.90 Å². The molecular formula is C24H32N2O4S. The van der Waals surface area contributed by atoms with E-state index in [1.807, 2.05) is 24.5 Å². The van der Waals surface area contributed by atoms with Crippen molar-refractivity contribution in [1.82, 2.24) is 9.97 Å². The van der Waals surface area contributed by atoms with Crippen molar-refractivity contribution in [2.75, 3.05) is 12.4 Å². The third-order valence-electron chi connectivity index (χ3n) is 5.43. The Labute approximate surface area is 188 Å². The zero-order valence-corrected chi connectivity index (χ0v) is 19.4. The van der Waals surface area contributed by atoms with Gasteiger partial charge in [0, 0.05) is 23.7 Å². The van der Waals surface area contributed by atoms with Crippen LogP contribution in [0.4, 0.5) is 0 Å². The number of carboxylic acids is 1. The highest BCUT2D eigenvalue weighted by Crippen LogP contribution is 2.39. The van der Waals surface area contributed by atoms with Crippen LogP contribution in [0.2, 0.25) is 0 Å². The summed E-state index contributed by atoms with van der Waals surface area (Å²) in [5.74, 6) is -0.954. The molecular weight excluding hydrogens is 412 g/mol. The van der Waals surface area contributed by atoms with Crippen LogP contribution in [0, 0.1) is 0 Å². The van der Waals surface area contributed by atoms with Crippen molar-refractivity contribution in [1.29, 1.82) is 0 Å². The second kappa shape index (κ2) is 10.6. The second-order valence-electron chi connectivity index (χ2n) is 8.37. The minimum Gasteiger partial charge on any atom is -0.479 e. The summed E-state index contributed by atoms with van der Waals surface area (Å²) in [5.41, 5.74) is 0.885. The van der Waals surface area contributed by atoms with Crippen LogP contribution in [0.15, 0.2) is 41.8 Å². The van der Waals surface area contributed by atoms with E-state index in [4.69, 9.17) is 9.47 Å². The molecule has 0 aliphatic carbocycles. The molecule has 0 spiro atoms. The lowest BCUT2D eigenvalue weighted by Gasteiger charge is -2.25. The Morgan fingerprint density at radius 2 is 1.68 bits per heavy atom.